The van der Waals surface area contributed by atoms with Gasteiger partial charge in [0.05, 0.1) is 29.2 Å². The van der Waals surface area contributed by atoms with Crippen LogP contribution in [0.1, 0.15) is 16.7 Å². The van der Waals surface area contributed by atoms with E-state index >= 15 is 0 Å². The number of hydrogen-bond acceptors (Lipinski definition) is 4. The molecular weight excluding hydrogens is 364 g/mol. The molecule has 6 heteroatoms. The maximum atomic E-state index is 12.7. The molecule has 0 spiro atoms. The van der Waals surface area contributed by atoms with Crippen LogP contribution in [0.5, 0.6) is 0 Å². The Balaban J connectivity index is 1.75. The van der Waals surface area contributed by atoms with E-state index in [1.165, 1.54) is 11.6 Å². The Bertz CT molecular complexity index is 1290. The molecule has 2 aromatic heterocycles. The summed E-state index contributed by atoms with van der Waals surface area (Å²) in [5.41, 5.74) is 5.05. The normalized spacial score (nSPS) is 12.2. The van der Waals surface area contributed by atoms with Crippen molar-refractivity contribution in [2.75, 3.05) is 11.9 Å². The molecule has 29 heavy (non-hydrogen) atoms. The number of nitriles is 1. The number of imidazole rings is 1. The molecule has 4 aromatic rings. The molecule has 0 aliphatic rings. The number of hydrogen-bond donors (Lipinski definition) is 2. The minimum absolute atomic E-state index is 0.182. The van der Waals surface area contributed by atoms with Crippen molar-refractivity contribution in [1.82, 2.24) is 8.97 Å². The first-order chi connectivity index (χ1) is 14.0. The third-order valence-corrected chi connectivity index (χ3v) is 5.16. The van der Waals surface area contributed by atoms with Gasteiger partial charge in [0.25, 0.3) is 5.56 Å². The van der Waals surface area contributed by atoms with Crippen LogP contribution in [0.25, 0.3) is 16.7 Å². The summed E-state index contributed by atoms with van der Waals surface area (Å²) in [6.45, 7) is 4.39. The number of para-hydroxylation sites is 2. The van der Waals surface area contributed by atoms with Crippen molar-refractivity contribution < 1.29 is 5.11 Å². The number of anilines is 1. The van der Waals surface area contributed by atoms with E-state index in [1.807, 2.05) is 60.0 Å². The number of aliphatic hydroxyl groups excluding tert-OH is 1. The highest BCUT2D eigenvalue weighted by atomic mass is 16.3. The summed E-state index contributed by atoms with van der Waals surface area (Å²) >= 11 is 0. The molecule has 0 unspecified atom stereocenters. The number of rotatable bonds is 5. The first-order valence-corrected chi connectivity index (χ1v) is 9.52. The first-order valence-electron chi connectivity index (χ1n) is 9.52. The summed E-state index contributed by atoms with van der Waals surface area (Å²) < 4.78 is 3.42. The minimum atomic E-state index is -0.710. The average molecular weight is 386 g/mol. The van der Waals surface area contributed by atoms with Gasteiger partial charge in [0.1, 0.15) is 11.7 Å². The molecule has 0 saturated heterocycles. The summed E-state index contributed by atoms with van der Waals surface area (Å²) in [5, 5.41) is 23.7. The van der Waals surface area contributed by atoms with E-state index in [2.05, 4.69) is 11.4 Å². The predicted molar refractivity (Wildman–Crippen MR) is 114 cm³/mol. The van der Waals surface area contributed by atoms with Crippen LogP contribution >= 0.6 is 0 Å². The van der Waals surface area contributed by atoms with Crippen molar-refractivity contribution in [3.8, 4) is 6.07 Å². The summed E-state index contributed by atoms with van der Waals surface area (Å²) in [4.78, 5) is 12.7. The van der Waals surface area contributed by atoms with Crippen LogP contribution in [-0.4, -0.2) is 26.7 Å². The highest BCUT2D eigenvalue weighted by molar-refractivity contribution is 5.84. The lowest BCUT2D eigenvalue weighted by molar-refractivity contribution is 0.169. The molecule has 0 amide bonds. The summed E-state index contributed by atoms with van der Waals surface area (Å²) in [5.74, 6) is 0. The monoisotopic (exact) mass is 386 g/mol. The second-order valence-electron chi connectivity index (χ2n) is 7.31. The third kappa shape index (κ3) is 3.37. The second-order valence-corrected chi connectivity index (χ2v) is 7.31. The van der Waals surface area contributed by atoms with E-state index in [0.29, 0.717) is 23.3 Å². The second kappa shape index (κ2) is 7.46. The lowest BCUT2D eigenvalue weighted by Crippen LogP contribution is -2.25. The Morgan fingerprint density at radius 2 is 1.79 bits per heavy atom. The highest BCUT2D eigenvalue weighted by Gasteiger charge is 2.19. The van der Waals surface area contributed by atoms with E-state index in [1.54, 1.807) is 11.3 Å². The van der Waals surface area contributed by atoms with Crippen molar-refractivity contribution in [2.45, 2.75) is 26.5 Å². The number of pyridine rings is 1. The molecule has 4 rings (SSSR count). The van der Waals surface area contributed by atoms with Gasteiger partial charge in [-0.05, 0) is 43.7 Å². The minimum Gasteiger partial charge on any atom is -0.389 e. The number of aryl methyl sites for hydroxylation is 2. The molecule has 0 fully saturated rings. The van der Waals surface area contributed by atoms with Crippen LogP contribution < -0.4 is 10.9 Å². The predicted octanol–water partition coefficient (Wildman–Crippen LogP) is 3.22. The largest absolute Gasteiger partial charge is 0.389 e. The van der Waals surface area contributed by atoms with Crippen molar-refractivity contribution in [3.05, 3.63) is 81.6 Å². The number of aromatic nitrogens is 2. The van der Waals surface area contributed by atoms with Gasteiger partial charge in [-0.15, -0.1) is 0 Å². The van der Waals surface area contributed by atoms with E-state index in [-0.39, 0.29) is 12.1 Å². The van der Waals surface area contributed by atoms with Crippen molar-refractivity contribution >= 4 is 22.4 Å². The summed E-state index contributed by atoms with van der Waals surface area (Å²) in [7, 11) is 0. The quantitative estimate of drug-likeness (QED) is 0.552. The molecule has 0 aliphatic carbocycles. The molecule has 2 heterocycles. The molecular formula is C23H22N4O2. The van der Waals surface area contributed by atoms with Crippen LogP contribution in [0.3, 0.4) is 0 Å². The molecule has 146 valence electrons. The lowest BCUT2D eigenvalue weighted by Gasteiger charge is -2.16. The Hall–Kier alpha value is -3.56. The van der Waals surface area contributed by atoms with Crippen LogP contribution in [-0.2, 0) is 6.54 Å². The SMILES string of the molecule is Cc1ccc(NC[C@@H](O)Cn2c3ccccc3n3c(=O)cc(C)c(C#N)c23)cc1. The zero-order valence-corrected chi connectivity index (χ0v) is 16.4. The number of benzene rings is 2. The zero-order valence-electron chi connectivity index (χ0n) is 16.4. The Labute approximate surface area is 168 Å². The summed E-state index contributed by atoms with van der Waals surface area (Å²) in [6, 6.07) is 19.2. The zero-order chi connectivity index (χ0) is 20.5. The van der Waals surface area contributed by atoms with Gasteiger partial charge in [-0.2, -0.15) is 5.26 Å². The molecule has 0 aliphatic heterocycles. The maximum absolute atomic E-state index is 12.7. The fourth-order valence-electron chi connectivity index (χ4n) is 3.70. The van der Waals surface area contributed by atoms with Crippen molar-refractivity contribution in [2.24, 2.45) is 0 Å². The van der Waals surface area contributed by atoms with Gasteiger partial charge >= 0.3 is 0 Å². The van der Waals surface area contributed by atoms with Crippen LogP contribution in [0.2, 0.25) is 0 Å². The van der Waals surface area contributed by atoms with Crippen LogP contribution in [0.4, 0.5) is 5.69 Å². The molecule has 2 aromatic carbocycles. The maximum Gasteiger partial charge on any atom is 0.257 e. The van der Waals surface area contributed by atoms with Crippen LogP contribution in [0, 0.1) is 25.2 Å². The lowest BCUT2D eigenvalue weighted by atomic mass is 10.1. The highest BCUT2D eigenvalue weighted by Crippen LogP contribution is 2.24. The summed E-state index contributed by atoms with van der Waals surface area (Å²) in [6.07, 6.45) is -0.710. The van der Waals surface area contributed by atoms with Gasteiger partial charge in [0.15, 0.2) is 0 Å². The number of nitrogens with zero attached hydrogens (tertiary/aromatic N) is 3. The standard InChI is InChI=1S/C23H22N4O2/c1-15-7-9-17(10-8-15)25-13-18(28)14-26-20-5-3-4-6-21(20)27-22(29)11-16(2)19(12-24)23(26)27/h3-11,18,25,28H,13-14H2,1-2H3/t18-/m1/s1. The van der Waals surface area contributed by atoms with E-state index in [0.717, 1.165) is 16.7 Å². The number of aliphatic hydroxyl groups is 1. The Morgan fingerprint density at radius 1 is 1.10 bits per heavy atom. The van der Waals surface area contributed by atoms with Gasteiger partial charge < -0.3 is 15.0 Å². The molecule has 0 radical (unpaired) electrons. The van der Waals surface area contributed by atoms with Crippen LogP contribution in [0.15, 0.2) is 59.4 Å². The smallest absolute Gasteiger partial charge is 0.257 e. The molecule has 1 atom stereocenters. The first kappa shape index (κ1) is 18.8. The number of nitrogens with one attached hydrogen (secondary N) is 1. The fraction of sp³-hybridized carbons (Fsp3) is 0.217. The van der Waals surface area contributed by atoms with Crippen molar-refractivity contribution in [1.29, 1.82) is 5.26 Å². The van der Waals surface area contributed by atoms with E-state index in [9.17, 15) is 15.2 Å². The third-order valence-electron chi connectivity index (χ3n) is 5.16. The average Bonchev–Trinajstić information content (AvgIpc) is 3.03. The molecule has 0 saturated carbocycles. The van der Waals surface area contributed by atoms with Crippen molar-refractivity contribution in [3.63, 3.8) is 0 Å². The van der Waals surface area contributed by atoms with Gasteiger partial charge in [-0.1, -0.05) is 29.8 Å². The Morgan fingerprint density at radius 3 is 2.48 bits per heavy atom. The van der Waals surface area contributed by atoms with Gasteiger partial charge in [0, 0.05) is 18.3 Å². The van der Waals surface area contributed by atoms with E-state index in [4.69, 9.17) is 0 Å². The fourth-order valence-corrected chi connectivity index (χ4v) is 3.70. The van der Waals surface area contributed by atoms with Gasteiger partial charge in [-0.25, -0.2) is 0 Å². The number of fused-ring (bicyclic) bond motifs is 3. The van der Waals surface area contributed by atoms with Gasteiger partial charge in [-0.3, -0.25) is 9.20 Å². The topological polar surface area (TPSA) is 82.5 Å². The molecule has 2 N–H and O–H groups in total. The van der Waals surface area contributed by atoms with E-state index < -0.39 is 6.10 Å². The van der Waals surface area contributed by atoms with Gasteiger partial charge in [0.2, 0.25) is 0 Å². The Kier molecular flexibility index (Phi) is 4.83. The molecule has 0 bridgehead atoms. The molecule has 6 nitrogen and oxygen atoms in total.